The molecular weight excluding hydrogens is 588 g/mol. The van der Waals surface area contributed by atoms with Crippen molar-refractivity contribution in [2.75, 3.05) is 27.2 Å². The molecule has 0 radical (unpaired) electrons. The topological polar surface area (TPSA) is 130 Å². The van der Waals surface area contributed by atoms with Gasteiger partial charge in [0, 0.05) is 75.9 Å². The van der Waals surface area contributed by atoms with Crippen LogP contribution < -0.4 is 5.32 Å². The van der Waals surface area contributed by atoms with Gasteiger partial charge in [0.05, 0.1) is 11.4 Å². The Morgan fingerprint density at radius 1 is 0.979 bits per heavy atom. The first kappa shape index (κ1) is 34.0. The second-order valence-electron chi connectivity index (χ2n) is 13.1. The van der Waals surface area contributed by atoms with Gasteiger partial charge in [0.15, 0.2) is 0 Å². The minimum absolute atomic E-state index is 0.0168. The molecule has 47 heavy (non-hydrogen) atoms. The Balaban J connectivity index is 1.77. The summed E-state index contributed by atoms with van der Waals surface area (Å²) < 4.78 is 0. The van der Waals surface area contributed by atoms with Crippen molar-refractivity contribution in [2.24, 2.45) is 0 Å². The van der Waals surface area contributed by atoms with E-state index in [-0.39, 0.29) is 18.3 Å². The predicted molar refractivity (Wildman–Crippen MR) is 192 cm³/mol. The van der Waals surface area contributed by atoms with Crippen LogP contribution in [0, 0.1) is 13.8 Å². The molecule has 8 bridgehead atoms. The van der Waals surface area contributed by atoms with Crippen LogP contribution in [0.4, 0.5) is 0 Å². The number of nitrogens with one attached hydrogen (secondary N) is 3. The Bertz CT molecular complexity index is 1900. The summed E-state index contributed by atoms with van der Waals surface area (Å²) in [6.45, 7) is 18.1. The fourth-order valence-electron chi connectivity index (χ4n) is 6.74. The zero-order valence-electron chi connectivity index (χ0n) is 28.5. The van der Waals surface area contributed by atoms with Crippen molar-refractivity contribution in [1.82, 2.24) is 30.2 Å². The van der Waals surface area contributed by atoms with E-state index in [9.17, 15) is 15.0 Å². The highest BCUT2D eigenvalue weighted by Gasteiger charge is 2.29. The molecule has 5 N–H and O–H groups in total. The van der Waals surface area contributed by atoms with E-state index >= 15 is 0 Å². The number of nitrogens with zero attached hydrogens (tertiary/aromatic N) is 3. The first-order valence-electron chi connectivity index (χ1n) is 16.4. The lowest BCUT2D eigenvalue weighted by Crippen LogP contribution is -2.34. The SMILES string of the molecule is C=CC1=C(C)c2cc3[nH]c(cc4nc(cc5[nH]c(cc1n2)c(C)c5CCC(O)NCCN(C)C)C(CCC(=O)O)C4C)c(C)c3C=C. The molecule has 9 nitrogen and oxygen atoms in total. The van der Waals surface area contributed by atoms with Crippen molar-refractivity contribution in [1.29, 1.82) is 0 Å². The lowest BCUT2D eigenvalue weighted by molar-refractivity contribution is -0.137. The molecular formula is C38H48N6O3. The Morgan fingerprint density at radius 3 is 2.34 bits per heavy atom. The van der Waals surface area contributed by atoms with E-state index in [2.05, 4.69) is 85.3 Å². The first-order valence-corrected chi connectivity index (χ1v) is 16.4. The average Bonchev–Trinajstić information content (AvgIpc) is 3.67. The molecule has 3 aromatic rings. The molecule has 2 aliphatic heterocycles. The molecule has 0 saturated heterocycles. The predicted octanol–water partition coefficient (Wildman–Crippen LogP) is 6.85. The monoisotopic (exact) mass is 636 g/mol. The second-order valence-corrected chi connectivity index (χ2v) is 13.1. The van der Waals surface area contributed by atoms with Crippen molar-refractivity contribution in [3.8, 4) is 0 Å². The number of fused-ring (bicyclic) bond motifs is 8. The van der Waals surface area contributed by atoms with Gasteiger partial charge in [-0.05, 0) is 101 Å². The summed E-state index contributed by atoms with van der Waals surface area (Å²) in [5.74, 6) is -0.866. The van der Waals surface area contributed by atoms with Crippen molar-refractivity contribution in [3.63, 3.8) is 0 Å². The van der Waals surface area contributed by atoms with Crippen LogP contribution in [0.1, 0.15) is 90.0 Å². The fourth-order valence-corrected chi connectivity index (χ4v) is 6.74. The number of aryl methyl sites for hydroxylation is 3. The molecule has 0 amide bonds. The Kier molecular flexibility index (Phi) is 10.3. The number of hydrogen-bond donors (Lipinski definition) is 5. The largest absolute Gasteiger partial charge is 0.481 e. The highest BCUT2D eigenvalue weighted by Crippen LogP contribution is 2.40. The third-order valence-electron chi connectivity index (χ3n) is 9.66. The molecule has 5 rings (SSSR count). The smallest absolute Gasteiger partial charge is 0.303 e. The number of rotatable bonds is 12. The van der Waals surface area contributed by atoms with Crippen LogP contribution in [-0.4, -0.2) is 74.4 Å². The number of hydrogen-bond acceptors (Lipinski definition) is 6. The molecule has 0 fully saturated rings. The normalized spacial score (nSPS) is 16.9. The van der Waals surface area contributed by atoms with Gasteiger partial charge in [-0.1, -0.05) is 32.2 Å². The third kappa shape index (κ3) is 7.17. The number of H-pyrrole nitrogens is 2. The maximum absolute atomic E-state index is 11.7. The van der Waals surface area contributed by atoms with Gasteiger partial charge < -0.3 is 25.1 Å². The number of allylic oxidation sites excluding steroid dienone is 3. The van der Waals surface area contributed by atoms with Gasteiger partial charge in [-0.2, -0.15) is 0 Å². The highest BCUT2D eigenvalue weighted by molar-refractivity contribution is 5.97. The molecule has 9 heteroatoms. The van der Waals surface area contributed by atoms with E-state index < -0.39 is 12.2 Å². The zero-order chi connectivity index (χ0) is 34.0. The van der Waals surface area contributed by atoms with Gasteiger partial charge in [-0.3, -0.25) is 15.1 Å². The summed E-state index contributed by atoms with van der Waals surface area (Å²) in [6, 6.07) is 8.31. The number of likely N-dealkylation sites (N-methyl/N-ethyl adjacent to an activating group) is 1. The van der Waals surface area contributed by atoms with Gasteiger partial charge in [-0.15, -0.1) is 0 Å². The summed E-state index contributed by atoms with van der Waals surface area (Å²) in [7, 11) is 4.02. The molecule has 5 heterocycles. The average molecular weight is 637 g/mol. The number of aliphatic hydroxyl groups excluding tert-OH is 1. The number of carbonyl (C=O) groups is 1. The first-order chi connectivity index (χ1) is 22.4. The standard InChI is InChI=1S/C38H48N6O3/c1-9-25-21(3)29-17-30-24(6)28(12-14-38(46)47)36(42-30)20-35-27(11-13-37(45)39-15-16-44(7)8)23(5)32(43-35)19-34-26(10-2)22(4)31(41-34)18-33(25)40-29/h9-10,17-20,24,28,37,39-40,43,45H,1-2,11-16H2,3-8H3,(H,46,47). The molecule has 0 saturated carbocycles. The van der Waals surface area contributed by atoms with E-state index in [0.29, 0.717) is 25.8 Å². The lowest BCUT2D eigenvalue weighted by atomic mass is 9.87. The molecule has 0 aliphatic carbocycles. The second kappa shape index (κ2) is 14.2. The van der Waals surface area contributed by atoms with Crippen molar-refractivity contribution in [3.05, 3.63) is 88.5 Å². The van der Waals surface area contributed by atoms with E-state index in [1.807, 2.05) is 26.2 Å². The van der Waals surface area contributed by atoms with Crippen LogP contribution in [0.5, 0.6) is 0 Å². The van der Waals surface area contributed by atoms with E-state index in [1.54, 1.807) is 0 Å². The molecule has 0 aromatic carbocycles. The van der Waals surface area contributed by atoms with Crippen LogP contribution in [0.15, 0.2) is 43.5 Å². The molecule has 3 unspecified atom stereocenters. The number of aliphatic hydroxyl groups is 1. The van der Waals surface area contributed by atoms with Gasteiger partial charge in [0.25, 0.3) is 0 Å². The minimum Gasteiger partial charge on any atom is -0.481 e. The molecule has 2 aliphatic rings. The maximum Gasteiger partial charge on any atom is 0.303 e. The number of aliphatic carboxylic acids is 1. The minimum atomic E-state index is -0.817. The van der Waals surface area contributed by atoms with Crippen LogP contribution in [-0.2, 0) is 11.2 Å². The quantitative estimate of drug-likeness (QED) is 0.138. The summed E-state index contributed by atoms with van der Waals surface area (Å²) in [6.07, 6.45) is 4.79. The number of aromatic amines is 2. The van der Waals surface area contributed by atoms with Gasteiger partial charge in [0.2, 0.25) is 0 Å². The Labute approximate surface area is 277 Å². The fraction of sp³-hybridized carbons (Fsp3) is 0.395. The van der Waals surface area contributed by atoms with Crippen LogP contribution in [0.2, 0.25) is 0 Å². The number of aromatic nitrogens is 4. The summed E-state index contributed by atoms with van der Waals surface area (Å²) in [5, 5.41) is 23.6. The molecule has 0 spiro atoms. The number of carboxylic acids is 1. The molecule has 3 aromatic heterocycles. The molecule has 248 valence electrons. The van der Waals surface area contributed by atoms with Crippen molar-refractivity contribution < 1.29 is 15.0 Å². The van der Waals surface area contributed by atoms with Crippen LogP contribution in [0.25, 0.3) is 39.3 Å². The zero-order valence-corrected chi connectivity index (χ0v) is 28.5. The number of carboxylic acid groups (broad SMARTS) is 1. The summed E-state index contributed by atoms with van der Waals surface area (Å²) in [4.78, 5) is 31.2. The summed E-state index contributed by atoms with van der Waals surface area (Å²) >= 11 is 0. The Hall–Kier alpha value is -4.31. The van der Waals surface area contributed by atoms with Crippen LogP contribution in [0.3, 0.4) is 0 Å². The Morgan fingerprint density at radius 2 is 1.66 bits per heavy atom. The van der Waals surface area contributed by atoms with E-state index in [1.165, 1.54) is 0 Å². The van der Waals surface area contributed by atoms with Gasteiger partial charge in [0.1, 0.15) is 6.23 Å². The summed E-state index contributed by atoms with van der Waals surface area (Å²) in [5.41, 5.74) is 13.4. The van der Waals surface area contributed by atoms with E-state index in [4.69, 9.17) is 9.97 Å². The maximum atomic E-state index is 11.7. The molecule has 3 atom stereocenters. The van der Waals surface area contributed by atoms with Gasteiger partial charge in [-0.25, -0.2) is 4.98 Å². The van der Waals surface area contributed by atoms with Crippen molar-refractivity contribution in [2.45, 2.75) is 71.4 Å². The van der Waals surface area contributed by atoms with Gasteiger partial charge >= 0.3 is 5.97 Å². The highest BCUT2D eigenvalue weighted by atomic mass is 16.4. The van der Waals surface area contributed by atoms with Crippen molar-refractivity contribution >= 4 is 45.3 Å². The van der Waals surface area contributed by atoms with Crippen LogP contribution >= 0.6 is 0 Å². The third-order valence-corrected chi connectivity index (χ3v) is 9.66. The van der Waals surface area contributed by atoms with E-state index in [0.717, 1.165) is 84.8 Å². The lowest BCUT2D eigenvalue weighted by Gasteiger charge is -2.15.